The van der Waals surface area contributed by atoms with Crippen molar-refractivity contribution in [2.45, 2.75) is 38.6 Å². The number of carbonyl (C=O) groups excluding carboxylic acids is 1. The molecule has 1 N–H and O–H groups in total. The van der Waals surface area contributed by atoms with Crippen molar-refractivity contribution in [2.24, 2.45) is 0 Å². The second-order valence-electron chi connectivity index (χ2n) is 5.09. The van der Waals surface area contributed by atoms with Crippen molar-refractivity contribution in [1.29, 1.82) is 0 Å². The minimum Gasteiger partial charge on any atom is -0.325 e. The maximum atomic E-state index is 12.1. The Morgan fingerprint density at radius 3 is 3.05 bits per heavy atom. The van der Waals surface area contributed by atoms with Crippen molar-refractivity contribution < 1.29 is 4.79 Å². The zero-order chi connectivity index (χ0) is 13.7. The largest absolute Gasteiger partial charge is 0.325 e. The molecule has 1 fully saturated rings. The molecule has 1 atom stereocenters. The predicted molar refractivity (Wildman–Crippen MR) is 87.3 cm³/mol. The molecule has 19 heavy (non-hydrogen) atoms. The van der Waals surface area contributed by atoms with Crippen molar-refractivity contribution in [2.75, 3.05) is 18.4 Å². The van der Waals surface area contributed by atoms with Gasteiger partial charge in [0.05, 0.1) is 6.54 Å². The van der Waals surface area contributed by atoms with E-state index in [0.717, 1.165) is 22.2 Å². The van der Waals surface area contributed by atoms with Crippen LogP contribution in [0.3, 0.4) is 0 Å². The van der Waals surface area contributed by atoms with Crippen molar-refractivity contribution in [1.82, 2.24) is 4.90 Å². The summed E-state index contributed by atoms with van der Waals surface area (Å²) in [6.07, 6.45) is 4.88. The van der Waals surface area contributed by atoms with Gasteiger partial charge in [0.2, 0.25) is 5.91 Å². The summed E-state index contributed by atoms with van der Waals surface area (Å²) in [5.74, 6) is 0.0994. The molecule has 1 aromatic rings. The van der Waals surface area contributed by atoms with Gasteiger partial charge in [-0.05, 0) is 66.6 Å². The number of rotatable bonds is 4. The van der Waals surface area contributed by atoms with Crippen molar-refractivity contribution >= 4 is 34.2 Å². The van der Waals surface area contributed by atoms with E-state index in [9.17, 15) is 4.79 Å². The van der Waals surface area contributed by atoms with Gasteiger partial charge in [-0.15, -0.1) is 0 Å². The van der Waals surface area contributed by atoms with Crippen LogP contribution in [0.4, 0.5) is 5.69 Å². The maximum Gasteiger partial charge on any atom is 0.238 e. The number of carbonyl (C=O) groups is 1. The van der Waals surface area contributed by atoms with E-state index in [1.54, 1.807) is 0 Å². The van der Waals surface area contributed by atoms with Crippen LogP contribution in [0.15, 0.2) is 24.3 Å². The molecule has 0 aliphatic carbocycles. The minimum absolute atomic E-state index is 0.0994. The highest BCUT2D eigenvalue weighted by Crippen LogP contribution is 2.19. The van der Waals surface area contributed by atoms with Crippen LogP contribution < -0.4 is 5.32 Å². The SMILES string of the molecule is CCC1CCCCN1CC(=O)Nc1cccc(I)c1. The van der Waals surface area contributed by atoms with E-state index < -0.39 is 0 Å². The molecule has 1 saturated heterocycles. The number of amides is 1. The number of benzene rings is 1. The first-order chi connectivity index (χ1) is 9.19. The minimum atomic E-state index is 0.0994. The molecule has 3 nitrogen and oxygen atoms in total. The first kappa shape index (κ1) is 14.8. The average Bonchev–Trinajstić information content (AvgIpc) is 2.39. The molecular weight excluding hydrogens is 351 g/mol. The predicted octanol–water partition coefficient (Wildman–Crippen LogP) is 3.49. The smallest absolute Gasteiger partial charge is 0.238 e. The lowest BCUT2D eigenvalue weighted by Crippen LogP contribution is -2.43. The third-order valence-electron chi connectivity index (χ3n) is 3.68. The first-order valence-electron chi connectivity index (χ1n) is 6.98. The summed E-state index contributed by atoms with van der Waals surface area (Å²) < 4.78 is 1.14. The number of hydrogen-bond donors (Lipinski definition) is 1. The number of hydrogen-bond acceptors (Lipinski definition) is 2. The normalized spacial score (nSPS) is 20.2. The van der Waals surface area contributed by atoms with Gasteiger partial charge in [-0.25, -0.2) is 0 Å². The summed E-state index contributed by atoms with van der Waals surface area (Å²) >= 11 is 2.26. The third kappa shape index (κ3) is 4.45. The van der Waals surface area contributed by atoms with Gasteiger partial charge < -0.3 is 5.32 Å². The molecule has 1 aliphatic rings. The van der Waals surface area contributed by atoms with Crippen LogP contribution in [0.5, 0.6) is 0 Å². The summed E-state index contributed by atoms with van der Waals surface area (Å²) in [4.78, 5) is 14.4. The van der Waals surface area contributed by atoms with E-state index in [0.29, 0.717) is 12.6 Å². The third-order valence-corrected chi connectivity index (χ3v) is 4.35. The van der Waals surface area contributed by atoms with Crippen LogP contribution in [-0.2, 0) is 4.79 Å². The Kier molecular flexibility index (Phi) is 5.63. The summed E-state index contributed by atoms with van der Waals surface area (Å²) in [6.45, 7) is 3.78. The van der Waals surface area contributed by atoms with E-state index in [1.807, 2.05) is 24.3 Å². The Labute approximate surface area is 128 Å². The van der Waals surface area contributed by atoms with Crippen LogP contribution >= 0.6 is 22.6 Å². The maximum absolute atomic E-state index is 12.1. The van der Waals surface area contributed by atoms with Crippen molar-refractivity contribution in [3.8, 4) is 0 Å². The summed E-state index contributed by atoms with van der Waals surface area (Å²) in [6, 6.07) is 8.50. The lowest BCUT2D eigenvalue weighted by molar-refractivity contribution is -0.118. The molecule has 1 heterocycles. The zero-order valence-corrected chi connectivity index (χ0v) is 13.5. The topological polar surface area (TPSA) is 32.3 Å². The lowest BCUT2D eigenvalue weighted by atomic mass is 10.0. The number of piperidine rings is 1. The lowest BCUT2D eigenvalue weighted by Gasteiger charge is -2.34. The van der Waals surface area contributed by atoms with Crippen LogP contribution in [0.25, 0.3) is 0 Å². The second-order valence-corrected chi connectivity index (χ2v) is 6.33. The average molecular weight is 372 g/mol. The monoisotopic (exact) mass is 372 g/mol. The number of nitrogens with zero attached hydrogens (tertiary/aromatic N) is 1. The van der Waals surface area contributed by atoms with Gasteiger partial charge >= 0.3 is 0 Å². The number of halogens is 1. The fraction of sp³-hybridized carbons (Fsp3) is 0.533. The van der Waals surface area contributed by atoms with Gasteiger partial charge in [0.1, 0.15) is 0 Å². The highest BCUT2D eigenvalue weighted by Gasteiger charge is 2.22. The molecule has 0 bridgehead atoms. The van der Waals surface area contributed by atoms with E-state index >= 15 is 0 Å². The zero-order valence-electron chi connectivity index (χ0n) is 11.4. The fourth-order valence-corrected chi connectivity index (χ4v) is 3.22. The first-order valence-corrected chi connectivity index (χ1v) is 8.06. The van der Waals surface area contributed by atoms with Gasteiger partial charge in [-0.1, -0.05) is 19.4 Å². The quantitative estimate of drug-likeness (QED) is 0.821. The molecular formula is C15H21IN2O. The van der Waals surface area contributed by atoms with Crippen LogP contribution in [-0.4, -0.2) is 29.9 Å². The van der Waals surface area contributed by atoms with Gasteiger partial charge in [-0.3, -0.25) is 9.69 Å². The van der Waals surface area contributed by atoms with Crippen LogP contribution in [0.1, 0.15) is 32.6 Å². The van der Waals surface area contributed by atoms with Gasteiger partial charge in [0, 0.05) is 15.3 Å². The molecule has 0 saturated carbocycles. The highest BCUT2D eigenvalue weighted by molar-refractivity contribution is 14.1. The Morgan fingerprint density at radius 2 is 2.32 bits per heavy atom. The van der Waals surface area contributed by atoms with Gasteiger partial charge in [0.25, 0.3) is 0 Å². The molecule has 1 aliphatic heterocycles. The molecule has 1 amide bonds. The summed E-state index contributed by atoms with van der Waals surface area (Å²) in [5, 5.41) is 2.99. The van der Waals surface area contributed by atoms with Crippen molar-refractivity contribution in [3.05, 3.63) is 27.8 Å². The fourth-order valence-electron chi connectivity index (χ4n) is 2.68. The second kappa shape index (κ2) is 7.24. The van der Waals surface area contributed by atoms with E-state index in [4.69, 9.17) is 0 Å². The van der Waals surface area contributed by atoms with E-state index in [-0.39, 0.29) is 5.91 Å². The molecule has 104 valence electrons. The Morgan fingerprint density at radius 1 is 1.47 bits per heavy atom. The molecule has 4 heteroatoms. The molecule has 0 aromatic heterocycles. The van der Waals surface area contributed by atoms with E-state index in [2.05, 4.69) is 39.7 Å². The summed E-state index contributed by atoms with van der Waals surface area (Å²) in [5.41, 5.74) is 0.891. The number of likely N-dealkylation sites (tertiary alicyclic amines) is 1. The highest BCUT2D eigenvalue weighted by atomic mass is 127. The van der Waals surface area contributed by atoms with E-state index in [1.165, 1.54) is 19.3 Å². The Bertz CT molecular complexity index is 436. The number of anilines is 1. The van der Waals surface area contributed by atoms with Crippen LogP contribution in [0, 0.1) is 3.57 Å². The van der Waals surface area contributed by atoms with Crippen molar-refractivity contribution in [3.63, 3.8) is 0 Å². The number of nitrogens with one attached hydrogen (secondary N) is 1. The Hall–Kier alpha value is -0.620. The molecule has 0 radical (unpaired) electrons. The molecule has 2 rings (SSSR count). The molecule has 1 unspecified atom stereocenters. The van der Waals surface area contributed by atoms with Gasteiger partial charge in [0.15, 0.2) is 0 Å². The Balaban J connectivity index is 1.90. The molecule has 1 aromatic carbocycles. The van der Waals surface area contributed by atoms with Gasteiger partial charge in [-0.2, -0.15) is 0 Å². The van der Waals surface area contributed by atoms with Crippen LogP contribution in [0.2, 0.25) is 0 Å². The standard InChI is InChI=1S/C15H21IN2O/c1-2-14-8-3-4-9-18(14)11-15(19)17-13-7-5-6-12(16)10-13/h5-7,10,14H,2-4,8-9,11H2,1H3,(H,17,19). The summed E-state index contributed by atoms with van der Waals surface area (Å²) in [7, 11) is 0. The molecule has 0 spiro atoms.